The lowest BCUT2D eigenvalue weighted by atomic mass is 10.0. The molecule has 4 aromatic rings. The smallest absolute Gasteiger partial charge is 0.250 e. The highest BCUT2D eigenvalue weighted by Crippen LogP contribution is 2.34. The van der Waals surface area contributed by atoms with Gasteiger partial charge in [0.15, 0.2) is 0 Å². The second-order valence-electron chi connectivity index (χ2n) is 8.79. The number of hydrogen-bond donors (Lipinski definition) is 1. The highest BCUT2D eigenvalue weighted by molar-refractivity contribution is 6.33. The number of benzene rings is 2. The highest BCUT2D eigenvalue weighted by Gasteiger charge is 2.23. The van der Waals surface area contributed by atoms with E-state index in [1.165, 1.54) is 24.4 Å². The lowest BCUT2D eigenvalue weighted by molar-refractivity contribution is 0.1000. The third-order valence-corrected chi connectivity index (χ3v) is 6.70. The van der Waals surface area contributed by atoms with Crippen molar-refractivity contribution in [3.8, 4) is 33.6 Å². The van der Waals surface area contributed by atoms with Gasteiger partial charge < -0.3 is 10.6 Å². The summed E-state index contributed by atoms with van der Waals surface area (Å²) in [5.74, 6) is 0.0855. The molecular formula is C28H24ClFN4O. The Morgan fingerprint density at radius 1 is 1.00 bits per heavy atom. The van der Waals surface area contributed by atoms with Crippen molar-refractivity contribution in [3.05, 3.63) is 89.3 Å². The molecule has 1 atom stereocenters. The average Bonchev–Trinajstić information content (AvgIpc) is 3.30. The normalized spacial score (nSPS) is 15.4. The standard InChI is InChI=1S/C28H24ClFN4O/c1-17-3-2-12-34(17)26-15-21(18-8-10-23(30)11-9-18)14-25(33-26)19-4-6-20(7-5-19)27-24(29)13-22(16-32-27)28(31)35/h4-11,13-17H,2-3,12H2,1H3,(H2,31,35)/t17-/m0/s1. The van der Waals surface area contributed by atoms with Crippen molar-refractivity contribution in [2.45, 2.75) is 25.8 Å². The summed E-state index contributed by atoms with van der Waals surface area (Å²) in [6.07, 6.45) is 3.69. The van der Waals surface area contributed by atoms with Crippen molar-refractivity contribution >= 4 is 23.3 Å². The Morgan fingerprint density at radius 3 is 2.31 bits per heavy atom. The number of primary amides is 1. The van der Waals surface area contributed by atoms with Crippen LogP contribution in [0.2, 0.25) is 5.02 Å². The molecule has 7 heteroatoms. The number of nitrogens with two attached hydrogens (primary N) is 1. The fraction of sp³-hybridized carbons (Fsp3) is 0.179. The molecule has 1 amide bonds. The van der Waals surface area contributed by atoms with E-state index in [-0.39, 0.29) is 11.4 Å². The van der Waals surface area contributed by atoms with Gasteiger partial charge in [0.2, 0.25) is 5.91 Å². The maximum atomic E-state index is 13.5. The minimum absolute atomic E-state index is 0.261. The van der Waals surface area contributed by atoms with Crippen LogP contribution >= 0.6 is 11.6 Å². The molecule has 1 fully saturated rings. The summed E-state index contributed by atoms with van der Waals surface area (Å²) in [5, 5.41) is 0.357. The molecule has 5 rings (SSSR count). The van der Waals surface area contributed by atoms with E-state index >= 15 is 0 Å². The third-order valence-electron chi connectivity index (χ3n) is 6.42. The molecule has 176 valence electrons. The van der Waals surface area contributed by atoms with Crippen LogP contribution in [-0.4, -0.2) is 28.5 Å². The fourth-order valence-electron chi connectivity index (χ4n) is 4.48. The lowest BCUT2D eigenvalue weighted by Gasteiger charge is -2.24. The van der Waals surface area contributed by atoms with Crippen LogP contribution in [0.4, 0.5) is 10.2 Å². The van der Waals surface area contributed by atoms with Crippen LogP contribution in [0.5, 0.6) is 0 Å². The Bertz CT molecular complexity index is 1390. The molecule has 5 nitrogen and oxygen atoms in total. The van der Waals surface area contributed by atoms with Crippen molar-refractivity contribution in [1.82, 2.24) is 9.97 Å². The largest absolute Gasteiger partial charge is 0.366 e. The summed E-state index contributed by atoms with van der Waals surface area (Å²) in [6.45, 7) is 3.18. The van der Waals surface area contributed by atoms with Crippen LogP contribution in [-0.2, 0) is 0 Å². The van der Waals surface area contributed by atoms with Gasteiger partial charge in [-0.2, -0.15) is 0 Å². The molecule has 0 aliphatic carbocycles. The maximum absolute atomic E-state index is 13.5. The summed E-state index contributed by atoms with van der Waals surface area (Å²) in [6, 6.07) is 20.4. The first-order valence-electron chi connectivity index (χ1n) is 11.5. The van der Waals surface area contributed by atoms with Gasteiger partial charge in [-0.25, -0.2) is 9.37 Å². The minimum atomic E-state index is -0.573. The van der Waals surface area contributed by atoms with Crippen molar-refractivity contribution < 1.29 is 9.18 Å². The van der Waals surface area contributed by atoms with Crippen LogP contribution < -0.4 is 10.6 Å². The lowest BCUT2D eigenvalue weighted by Crippen LogP contribution is -2.27. The molecule has 1 aliphatic heterocycles. The zero-order valence-corrected chi connectivity index (χ0v) is 20.0. The van der Waals surface area contributed by atoms with Gasteiger partial charge in [0, 0.05) is 29.9 Å². The van der Waals surface area contributed by atoms with Gasteiger partial charge in [-0.15, -0.1) is 0 Å². The number of amides is 1. The van der Waals surface area contributed by atoms with Gasteiger partial charge in [-0.1, -0.05) is 48.0 Å². The van der Waals surface area contributed by atoms with E-state index in [1.807, 2.05) is 30.3 Å². The summed E-state index contributed by atoms with van der Waals surface area (Å²) in [4.78, 5) is 23.0. The number of halogens is 2. The fourth-order valence-corrected chi connectivity index (χ4v) is 4.75. The van der Waals surface area contributed by atoms with Gasteiger partial charge in [-0.3, -0.25) is 9.78 Å². The van der Waals surface area contributed by atoms with Gasteiger partial charge in [0.25, 0.3) is 0 Å². The van der Waals surface area contributed by atoms with Crippen LogP contribution in [0.3, 0.4) is 0 Å². The molecule has 0 saturated carbocycles. The zero-order chi connectivity index (χ0) is 24.5. The Kier molecular flexibility index (Phi) is 6.22. The predicted octanol–water partition coefficient (Wildman–Crippen LogP) is 6.36. The summed E-state index contributed by atoms with van der Waals surface area (Å²) >= 11 is 6.36. The molecule has 0 radical (unpaired) electrons. The van der Waals surface area contributed by atoms with E-state index in [0.717, 1.165) is 53.2 Å². The molecule has 0 spiro atoms. The Labute approximate surface area is 208 Å². The first-order valence-corrected chi connectivity index (χ1v) is 11.9. The first-order chi connectivity index (χ1) is 16.9. The minimum Gasteiger partial charge on any atom is -0.366 e. The number of hydrogen-bond acceptors (Lipinski definition) is 4. The van der Waals surface area contributed by atoms with Gasteiger partial charge in [-0.05, 0) is 61.2 Å². The van der Waals surface area contributed by atoms with Gasteiger partial charge >= 0.3 is 0 Å². The van der Waals surface area contributed by atoms with Crippen LogP contribution in [0, 0.1) is 5.82 Å². The summed E-state index contributed by atoms with van der Waals surface area (Å²) in [7, 11) is 0. The van der Waals surface area contributed by atoms with Crippen molar-refractivity contribution in [1.29, 1.82) is 0 Å². The average molecular weight is 487 g/mol. The van der Waals surface area contributed by atoms with Crippen LogP contribution in [0.25, 0.3) is 33.6 Å². The van der Waals surface area contributed by atoms with E-state index in [9.17, 15) is 9.18 Å². The molecule has 3 heterocycles. The summed E-state index contributed by atoms with van der Waals surface area (Å²) in [5.41, 5.74) is 10.7. The van der Waals surface area contributed by atoms with E-state index in [1.54, 1.807) is 12.1 Å². The van der Waals surface area contributed by atoms with Gasteiger partial charge in [0.05, 0.1) is 22.0 Å². The topological polar surface area (TPSA) is 72.1 Å². The second kappa shape index (κ2) is 9.47. The molecule has 2 N–H and O–H groups in total. The molecule has 2 aromatic heterocycles. The highest BCUT2D eigenvalue weighted by atomic mass is 35.5. The summed E-state index contributed by atoms with van der Waals surface area (Å²) < 4.78 is 13.5. The van der Waals surface area contributed by atoms with Crippen LogP contribution in [0.15, 0.2) is 72.9 Å². The number of aromatic nitrogens is 2. The third kappa shape index (κ3) is 4.75. The predicted molar refractivity (Wildman–Crippen MR) is 138 cm³/mol. The molecule has 0 unspecified atom stereocenters. The quantitative estimate of drug-likeness (QED) is 0.356. The van der Waals surface area contributed by atoms with Crippen molar-refractivity contribution in [2.75, 3.05) is 11.4 Å². The molecule has 2 aromatic carbocycles. The van der Waals surface area contributed by atoms with E-state index in [2.05, 4.69) is 22.9 Å². The number of carbonyl (C=O) groups excluding carboxylic acids is 1. The Hall–Kier alpha value is -3.77. The molecular weight excluding hydrogens is 463 g/mol. The zero-order valence-electron chi connectivity index (χ0n) is 19.2. The molecule has 1 aliphatic rings. The van der Waals surface area contributed by atoms with E-state index in [0.29, 0.717) is 16.8 Å². The molecule has 35 heavy (non-hydrogen) atoms. The maximum Gasteiger partial charge on any atom is 0.250 e. The number of rotatable bonds is 5. The second-order valence-corrected chi connectivity index (χ2v) is 9.19. The van der Waals surface area contributed by atoms with Crippen molar-refractivity contribution in [3.63, 3.8) is 0 Å². The number of anilines is 1. The molecule has 1 saturated heterocycles. The Balaban J connectivity index is 1.54. The number of carbonyl (C=O) groups is 1. The monoisotopic (exact) mass is 486 g/mol. The van der Waals surface area contributed by atoms with E-state index < -0.39 is 5.91 Å². The number of pyridine rings is 2. The van der Waals surface area contributed by atoms with E-state index in [4.69, 9.17) is 22.3 Å². The van der Waals surface area contributed by atoms with Crippen LogP contribution in [0.1, 0.15) is 30.1 Å². The first kappa shape index (κ1) is 23.0. The SMILES string of the molecule is C[C@H]1CCCN1c1cc(-c2ccc(F)cc2)cc(-c2ccc(-c3ncc(C(N)=O)cc3Cl)cc2)n1. The van der Waals surface area contributed by atoms with Crippen molar-refractivity contribution in [2.24, 2.45) is 5.73 Å². The number of nitrogens with zero attached hydrogens (tertiary/aromatic N) is 3. The van der Waals surface area contributed by atoms with Gasteiger partial charge in [0.1, 0.15) is 11.6 Å². The Morgan fingerprint density at radius 2 is 1.69 bits per heavy atom. The molecule has 0 bridgehead atoms.